The van der Waals surface area contributed by atoms with Gasteiger partial charge in [-0.15, -0.1) is 0 Å². The van der Waals surface area contributed by atoms with Crippen LogP contribution in [0.15, 0.2) is 66.7 Å². The molecule has 0 N–H and O–H groups in total. The van der Waals surface area contributed by atoms with Crippen molar-refractivity contribution in [2.45, 2.75) is 0 Å². The Balaban J connectivity index is 1.93. The molecule has 0 heterocycles. The van der Waals surface area contributed by atoms with Gasteiger partial charge in [-0.3, -0.25) is 4.79 Å². The number of rotatable bonds is 1. The molecule has 1 aliphatic rings. The molecule has 0 bridgehead atoms. The van der Waals surface area contributed by atoms with Gasteiger partial charge in [-0.25, -0.2) is 0 Å². The van der Waals surface area contributed by atoms with Crippen LogP contribution >= 0.6 is 0 Å². The van der Waals surface area contributed by atoms with E-state index in [2.05, 4.69) is 0 Å². The molecule has 1 aliphatic carbocycles. The Bertz CT molecular complexity index is 920. The largest absolute Gasteiger partial charge is 0.872 e. The van der Waals surface area contributed by atoms with Crippen molar-refractivity contribution in [3.8, 4) is 0 Å². The summed E-state index contributed by atoms with van der Waals surface area (Å²) in [6.07, 6.45) is 0. The van der Waals surface area contributed by atoms with Crippen molar-refractivity contribution in [1.29, 1.82) is 0 Å². The van der Waals surface area contributed by atoms with Crippen LogP contribution in [0.25, 0.3) is 22.1 Å². The van der Waals surface area contributed by atoms with E-state index in [0.29, 0.717) is 16.7 Å². The molecular weight excluding hydrogens is 260 g/mol. The number of ketones is 1. The van der Waals surface area contributed by atoms with Gasteiger partial charge in [0.2, 0.25) is 0 Å². The van der Waals surface area contributed by atoms with Gasteiger partial charge in [-0.2, -0.15) is 0 Å². The summed E-state index contributed by atoms with van der Waals surface area (Å²) >= 11 is 0. The molecule has 4 rings (SSSR count). The molecule has 0 fully saturated rings. The lowest BCUT2D eigenvalue weighted by molar-refractivity contribution is -0.242. The Morgan fingerprint density at radius 1 is 0.714 bits per heavy atom. The fraction of sp³-hybridized carbons (Fsp3) is 0. The summed E-state index contributed by atoms with van der Waals surface area (Å²) in [5, 5.41) is 14.6. The van der Waals surface area contributed by atoms with Crippen LogP contribution in [0.2, 0.25) is 0 Å². The first-order valence-electron chi connectivity index (χ1n) is 6.80. The van der Waals surface area contributed by atoms with Gasteiger partial charge >= 0.3 is 0 Å². The van der Waals surface area contributed by atoms with Gasteiger partial charge in [-0.05, 0) is 28.0 Å². The zero-order valence-corrected chi connectivity index (χ0v) is 11.2. The zero-order valence-electron chi connectivity index (χ0n) is 11.2. The van der Waals surface area contributed by atoms with Gasteiger partial charge in [0, 0.05) is 11.1 Å². The van der Waals surface area contributed by atoms with E-state index >= 15 is 0 Å². The Hall–Kier alpha value is -2.87. The van der Waals surface area contributed by atoms with E-state index in [-0.39, 0.29) is 17.1 Å². The average Bonchev–Trinajstić information content (AvgIpc) is 2.79. The highest BCUT2D eigenvalue weighted by atomic mass is 16.3. The maximum absolute atomic E-state index is 12.5. The minimum atomic E-state index is -0.175. The van der Waals surface area contributed by atoms with E-state index < -0.39 is 0 Å². The maximum Gasteiger partial charge on any atom is 0.193 e. The molecule has 100 valence electrons. The molecule has 3 aromatic rings. The summed E-state index contributed by atoms with van der Waals surface area (Å²) in [5.41, 5.74) is 1.98. The summed E-state index contributed by atoms with van der Waals surface area (Å²) in [4.78, 5) is 12.5. The summed E-state index contributed by atoms with van der Waals surface area (Å²) in [6, 6.07) is 20.6. The smallest absolute Gasteiger partial charge is 0.193 e. The molecule has 0 unspecified atom stereocenters. The fourth-order valence-electron chi connectivity index (χ4n) is 2.86. The molecule has 0 aliphatic heterocycles. The number of hydrogen-bond donors (Lipinski definition) is 0. The second kappa shape index (κ2) is 4.32. The average molecular weight is 271 g/mol. The van der Waals surface area contributed by atoms with Crippen molar-refractivity contribution in [3.05, 3.63) is 83.4 Å². The first-order chi connectivity index (χ1) is 10.3. The van der Waals surface area contributed by atoms with Crippen molar-refractivity contribution in [1.82, 2.24) is 0 Å². The lowest BCUT2D eigenvalue weighted by Crippen LogP contribution is -2.03. The molecule has 0 radical (unpaired) electrons. The number of benzene rings is 3. The summed E-state index contributed by atoms with van der Waals surface area (Å²) in [6.45, 7) is 0. The van der Waals surface area contributed by atoms with E-state index in [1.54, 1.807) is 24.3 Å². The number of carbonyl (C=O) groups excluding carboxylic acids is 1. The first kappa shape index (κ1) is 11.9. The van der Waals surface area contributed by atoms with Crippen LogP contribution in [0.1, 0.15) is 21.5 Å². The van der Waals surface area contributed by atoms with Gasteiger partial charge in [0.1, 0.15) is 0 Å². The van der Waals surface area contributed by atoms with Gasteiger partial charge in [0.25, 0.3) is 0 Å². The molecule has 2 heteroatoms. The third-order valence-electron chi connectivity index (χ3n) is 3.91. The van der Waals surface area contributed by atoms with E-state index in [1.807, 2.05) is 42.5 Å². The molecule has 0 atom stereocenters. The van der Waals surface area contributed by atoms with E-state index in [0.717, 1.165) is 10.8 Å². The predicted molar refractivity (Wildman–Crippen MR) is 81.5 cm³/mol. The maximum atomic E-state index is 12.5. The van der Waals surface area contributed by atoms with Crippen molar-refractivity contribution in [2.75, 3.05) is 0 Å². The zero-order chi connectivity index (χ0) is 14.4. The van der Waals surface area contributed by atoms with Crippen LogP contribution in [-0.4, -0.2) is 5.78 Å². The Morgan fingerprint density at radius 3 is 2.14 bits per heavy atom. The van der Waals surface area contributed by atoms with Crippen LogP contribution in [-0.2, 0) is 0 Å². The minimum Gasteiger partial charge on any atom is -0.872 e. The molecule has 0 saturated carbocycles. The minimum absolute atomic E-state index is 0.175. The molecule has 0 amide bonds. The summed E-state index contributed by atoms with van der Waals surface area (Å²) < 4.78 is 0. The van der Waals surface area contributed by atoms with E-state index in [1.165, 1.54) is 0 Å². The Labute approximate surface area is 122 Å². The van der Waals surface area contributed by atoms with Crippen LogP contribution in [0.4, 0.5) is 0 Å². The Morgan fingerprint density at radius 2 is 1.38 bits per heavy atom. The monoisotopic (exact) mass is 271 g/mol. The van der Waals surface area contributed by atoms with Crippen molar-refractivity contribution in [3.63, 3.8) is 0 Å². The topological polar surface area (TPSA) is 40.1 Å². The van der Waals surface area contributed by atoms with Gasteiger partial charge in [0.05, 0.1) is 0 Å². The molecule has 3 aromatic carbocycles. The number of carbonyl (C=O) groups is 1. The third-order valence-corrected chi connectivity index (χ3v) is 3.91. The molecule has 2 nitrogen and oxygen atoms in total. The number of Topliss-reactive ketones (excluding diaryl/α,β-unsaturated/α-hetero) is 1. The molecule has 0 spiro atoms. The van der Waals surface area contributed by atoms with E-state index in [9.17, 15) is 9.90 Å². The van der Waals surface area contributed by atoms with Crippen molar-refractivity contribution < 1.29 is 9.90 Å². The normalized spacial score (nSPS) is 13.8. The second-order valence-electron chi connectivity index (χ2n) is 5.14. The highest BCUT2D eigenvalue weighted by Gasteiger charge is 2.25. The molecular formula is C19H11O2-. The highest BCUT2D eigenvalue weighted by molar-refractivity contribution is 6.38. The van der Waals surface area contributed by atoms with E-state index in [4.69, 9.17) is 0 Å². The standard InChI is InChI=1S/C19H12O2/c20-18-15-7-3-4-8-16(15)19(21)17(18)14-10-9-12-5-1-2-6-13(12)11-14/h1-11,20H/p-1. The number of hydrogen-bond acceptors (Lipinski definition) is 2. The first-order valence-corrected chi connectivity index (χ1v) is 6.80. The molecule has 0 aromatic heterocycles. The van der Waals surface area contributed by atoms with Crippen molar-refractivity contribution >= 4 is 27.9 Å². The predicted octanol–water partition coefficient (Wildman–Crippen LogP) is 3.26. The molecule has 21 heavy (non-hydrogen) atoms. The SMILES string of the molecule is O=C1C(c2ccc3ccccc3c2)=C([O-])c2ccccc21. The quantitative estimate of drug-likeness (QED) is 0.681. The number of allylic oxidation sites excluding steroid dienone is 1. The summed E-state index contributed by atoms with van der Waals surface area (Å²) in [5.74, 6) is -0.350. The van der Waals surface area contributed by atoms with Gasteiger partial charge in [-0.1, -0.05) is 66.4 Å². The van der Waals surface area contributed by atoms with Crippen LogP contribution < -0.4 is 5.11 Å². The lowest BCUT2D eigenvalue weighted by Gasteiger charge is -2.12. The molecule has 0 saturated heterocycles. The third kappa shape index (κ3) is 1.69. The van der Waals surface area contributed by atoms with Crippen molar-refractivity contribution in [2.24, 2.45) is 0 Å². The van der Waals surface area contributed by atoms with Gasteiger partial charge in [0.15, 0.2) is 5.78 Å². The highest BCUT2D eigenvalue weighted by Crippen LogP contribution is 2.35. The van der Waals surface area contributed by atoms with Crippen LogP contribution in [0.3, 0.4) is 0 Å². The number of fused-ring (bicyclic) bond motifs is 2. The Kier molecular flexibility index (Phi) is 2.45. The van der Waals surface area contributed by atoms with Crippen LogP contribution in [0.5, 0.6) is 0 Å². The van der Waals surface area contributed by atoms with Crippen LogP contribution in [0, 0.1) is 0 Å². The summed E-state index contributed by atoms with van der Waals surface area (Å²) in [7, 11) is 0. The van der Waals surface area contributed by atoms with Gasteiger partial charge < -0.3 is 5.11 Å². The fourth-order valence-corrected chi connectivity index (χ4v) is 2.86. The lowest BCUT2D eigenvalue weighted by atomic mass is 9.99. The second-order valence-corrected chi connectivity index (χ2v) is 5.14.